The van der Waals surface area contributed by atoms with Gasteiger partial charge in [0, 0.05) is 18.2 Å². The summed E-state index contributed by atoms with van der Waals surface area (Å²) in [5.41, 5.74) is 0.728. The molecule has 0 aromatic heterocycles. The zero-order valence-electron chi connectivity index (χ0n) is 9.89. The highest BCUT2D eigenvalue weighted by Gasteiger charge is 2.14. The van der Waals surface area contributed by atoms with Gasteiger partial charge in [0.2, 0.25) is 0 Å². The average molecular weight is 221 g/mol. The lowest BCUT2D eigenvalue weighted by molar-refractivity contribution is 0.0881. The molecule has 1 aromatic rings. The molecule has 88 valence electrons. The Bertz CT molecular complexity index is 322. The third kappa shape index (κ3) is 3.76. The van der Waals surface area contributed by atoms with Crippen molar-refractivity contribution in [2.24, 2.45) is 0 Å². The maximum absolute atomic E-state index is 11.9. The second kappa shape index (κ2) is 6.40. The second-order valence-electron chi connectivity index (χ2n) is 4.08. The Balaban J connectivity index is 2.62. The first-order valence-corrected chi connectivity index (χ1v) is 5.58. The van der Waals surface area contributed by atoms with Gasteiger partial charge in [-0.1, -0.05) is 30.3 Å². The topological polar surface area (TPSA) is 40.5 Å². The molecule has 3 heteroatoms. The zero-order valence-corrected chi connectivity index (χ0v) is 9.89. The number of benzene rings is 1. The third-order valence-electron chi connectivity index (χ3n) is 2.56. The number of ketones is 1. The predicted molar refractivity (Wildman–Crippen MR) is 64.6 cm³/mol. The van der Waals surface area contributed by atoms with Crippen molar-refractivity contribution in [1.29, 1.82) is 0 Å². The number of Topliss-reactive ketones (excluding diaryl/α,β-unsaturated/α-hetero) is 1. The number of carbonyl (C=O) groups is 1. The van der Waals surface area contributed by atoms with Gasteiger partial charge in [0.25, 0.3) is 0 Å². The highest BCUT2D eigenvalue weighted by atomic mass is 16.3. The predicted octanol–water partition coefficient (Wildman–Crippen LogP) is 1.57. The van der Waals surface area contributed by atoms with E-state index in [1.54, 1.807) is 0 Å². The van der Waals surface area contributed by atoms with E-state index in [1.807, 2.05) is 49.1 Å². The average Bonchev–Trinajstić information content (AvgIpc) is 2.29. The van der Waals surface area contributed by atoms with Crippen LogP contribution < -0.4 is 0 Å². The van der Waals surface area contributed by atoms with Crippen LogP contribution in [0.15, 0.2) is 30.3 Å². The fraction of sp³-hybridized carbons (Fsp3) is 0.462. The molecule has 16 heavy (non-hydrogen) atoms. The Morgan fingerprint density at radius 2 is 1.94 bits per heavy atom. The van der Waals surface area contributed by atoms with E-state index in [0.717, 1.165) is 5.56 Å². The summed E-state index contributed by atoms with van der Waals surface area (Å²) < 4.78 is 0. The Hall–Kier alpha value is -1.19. The molecular formula is C13H19NO2. The third-order valence-corrected chi connectivity index (χ3v) is 2.56. The number of rotatable bonds is 6. The molecule has 0 spiro atoms. The Morgan fingerprint density at radius 1 is 1.31 bits per heavy atom. The van der Waals surface area contributed by atoms with Gasteiger partial charge in [-0.2, -0.15) is 0 Å². The van der Waals surface area contributed by atoms with Crippen molar-refractivity contribution in [2.45, 2.75) is 19.9 Å². The monoisotopic (exact) mass is 221 g/mol. The molecule has 0 bridgehead atoms. The summed E-state index contributed by atoms with van der Waals surface area (Å²) in [5, 5.41) is 8.92. The van der Waals surface area contributed by atoms with Crippen molar-refractivity contribution in [1.82, 2.24) is 4.90 Å². The molecule has 1 aromatic carbocycles. The Morgan fingerprint density at radius 3 is 2.44 bits per heavy atom. The Kier molecular flexibility index (Phi) is 5.15. The number of aliphatic hydroxyl groups is 1. The van der Waals surface area contributed by atoms with Crippen LogP contribution in [-0.2, 0) is 0 Å². The van der Waals surface area contributed by atoms with Crippen LogP contribution in [0.5, 0.6) is 0 Å². The van der Waals surface area contributed by atoms with Crippen LogP contribution in [0.1, 0.15) is 24.2 Å². The molecule has 0 radical (unpaired) electrons. The second-order valence-corrected chi connectivity index (χ2v) is 4.08. The van der Waals surface area contributed by atoms with Gasteiger partial charge in [0.05, 0.1) is 13.2 Å². The van der Waals surface area contributed by atoms with Gasteiger partial charge in [-0.15, -0.1) is 0 Å². The molecular weight excluding hydrogens is 202 g/mol. The van der Waals surface area contributed by atoms with Gasteiger partial charge in [-0.05, 0) is 13.8 Å². The minimum Gasteiger partial charge on any atom is -0.395 e. The van der Waals surface area contributed by atoms with Crippen LogP contribution in [0.2, 0.25) is 0 Å². The van der Waals surface area contributed by atoms with Gasteiger partial charge in [-0.25, -0.2) is 0 Å². The number of nitrogens with zero attached hydrogens (tertiary/aromatic N) is 1. The lowest BCUT2D eigenvalue weighted by Crippen LogP contribution is -2.37. The summed E-state index contributed by atoms with van der Waals surface area (Å²) in [5.74, 6) is 0.0998. The van der Waals surface area contributed by atoms with Crippen LogP contribution in [0, 0.1) is 0 Å². The minimum atomic E-state index is 0.0836. The first-order chi connectivity index (χ1) is 7.65. The van der Waals surface area contributed by atoms with Crippen molar-refractivity contribution in [3.8, 4) is 0 Å². The zero-order chi connectivity index (χ0) is 12.0. The summed E-state index contributed by atoms with van der Waals surface area (Å²) in [6, 6.07) is 9.52. The largest absolute Gasteiger partial charge is 0.395 e. The van der Waals surface area contributed by atoms with Gasteiger partial charge in [0.1, 0.15) is 0 Å². The molecule has 1 N–H and O–H groups in total. The van der Waals surface area contributed by atoms with E-state index >= 15 is 0 Å². The minimum absolute atomic E-state index is 0.0836. The molecule has 0 saturated carbocycles. The van der Waals surface area contributed by atoms with E-state index in [1.165, 1.54) is 0 Å². The molecule has 0 atom stereocenters. The molecule has 0 aliphatic rings. The van der Waals surface area contributed by atoms with E-state index in [9.17, 15) is 4.79 Å². The van der Waals surface area contributed by atoms with Crippen LogP contribution >= 0.6 is 0 Å². The quantitative estimate of drug-likeness (QED) is 0.741. The van der Waals surface area contributed by atoms with Gasteiger partial charge in [0.15, 0.2) is 5.78 Å². The van der Waals surface area contributed by atoms with Crippen molar-refractivity contribution in [3.63, 3.8) is 0 Å². The summed E-state index contributed by atoms with van der Waals surface area (Å²) in [6.45, 7) is 5.03. The van der Waals surface area contributed by atoms with Crippen LogP contribution in [-0.4, -0.2) is 41.5 Å². The summed E-state index contributed by atoms with van der Waals surface area (Å²) in [6.07, 6.45) is 0. The Labute approximate surface area is 96.7 Å². The number of carbonyl (C=O) groups excluding carboxylic acids is 1. The van der Waals surface area contributed by atoms with Crippen molar-refractivity contribution < 1.29 is 9.90 Å². The van der Waals surface area contributed by atoms with Crippen molar-refractivity contribution in [3.05, 3.63) is 35.9 Å². The maximum Gasteiger partial charge on any atom is 0.176 e. The number of aliphatic hydroxyl groups excluding tert-OH is 1. The summed E-state index contributed by atoms with van der Waals surface area (Å²) in [7, 11) is 0. The van der Waals surface area contributed by atoms with E-state index < -0.39 is 0 Å². The number of hydrogen-bond donors (Lipinski definition) is 1. The molecule has 1 rings (SSSR count). The first-order valence-electron chi connectivity index (χ1n) is 5.58. The fourth-order valence-corrected chi connectivity index (χ4v) is 1.55. The molecule has 0 saturated heterocycles. The van der Waals surface area contributed by atoms with E-state index in [4.69, 9.17) is 5.11 Å². The molecule has 0 heterocycles. The number of hydrogen-bond acceptors (Lipinski definition) is 3. The normalized spacial score (nSPS) is 11.1. The van der Waals surface area contributed by atoms with E-state index in [-0.39, 0.29) is 18.4 Å². The smallest absolute Gasteiger partial charge is 0.176 e. The van der Waals surface area contributed by atoms with E-state index in [0.29, 0.717) is 13.1 Å². The lowest BCUT2D eigenvalue weighted by atomic mass is 10.1. The molecule has 3 nitrogen and oxygen atoms in total. The summed E-state index contributed by atoms with van der Waals surface area (Å²) >= 11 is 0. The highest BCUT2D eigenvalue weighted by molar-refractivity contribution is 5.97. The maximum atomic E-state index is 11.9. The van der Waals surface area contributed by atoms with Gasteiger partial charge in [-0.3, -0.25) is 9.69 Å². The lowest BCUT2D eigenvalue weighted by Gasteiger charge is -2.24. The molecule has 0 fully saturated rings. The molecule has 0 aliphatic heterocycles. The van der Waals surface area contributed by atoms with Crippen molar-refractivity contribution >= 4 is 5.78 Å². The molecule has 0 aliphatic carbocycles. The highest BCUT2D eigenvalue weighted by Crippen LogP contribution is 2.04. The van der Waals surface area contributed by atoms with Crippen LogP contribution in [0.25, 0.3) is 0 Å². The van der Waals surface area contributed by atoms with Gasteiger partial charge >= 0.3 is 0 Å². The molecule has 0 amide bonds. The SMILES string of the molecule is CC(C)N(CCO)CC(=O)c1ccccc1. The molecule has 0 unspecified atom stereocenters. The first kappa shape index (κ1) is 12.9. The van der Waals surface area contributed by atoms with Crippen LogP contribution in [0.4, 0.5) is 0 Å². The van der Waals surface area contributed by atoms with Crippen LogP contribution in [0.3, 0.4) is 0 Å². The van der Waals surface area contributed by atoms with E-state index in [2.05, 4.69) is 0 Å². The van der Waals surface area contributed by atoms with Gasteiger partial charge < -0.3 is 5.11 Å². The summed E-state index contributed by atoms with van der Waals surface area (Å²) in [4.78, 5) is 13.9. The fourth-order valence-electron chi connectivity index (χ4n) is 1.55. The standard InChI is InChI=1S/C13H19NO2/c1-11(2)14(8-9-15)10-13(16)12-6-4-3-5-7-12/h3-7,11,15H,8-10H2,1-2H3. The van der Waals surface area contributed by atoms with Crippen molar-refractivity contribution in [2.75, 3.05) is 19.7 Å².